The van der Waals surface area contributed by atoms with E-state index in [-0.39, 0.29) is 6.61 Å². The summed E-state index contributed by atoms with van der Waals surface area (Å²) in [5.74, 6) is 1.36. The van der Waals surface area contributed by atoms with Crippen LogP contribution >= 0.6 is 11.6 Å². The maximum Gasteiger partial charge on any atom is 0.162 e. The molecule has 0 aliphatic rings. The predicted molar refractivity (Wildman–Crippen MR) is 72.6 cm³/mol. The largest absolute Gasteiger partial charge is 0.490 e. The number of nitrogens with one attached hydrogen (secondary N) is 1. The summed E-state index contributed by atoms with van der Waals surface area (Å²) in [5, 5.41) is 12.4. The quantitative estimate of drug-likeness (QED) is 0.713. The molecule has 0 aromatic heterocycles. The molecule has 1 rings (SSSR count). The molecule has 0 aliphatic carbocycles. The zero-order chi connectivity index (χ0) is 13.4. The second-order valence-corrected chi connectivity index (χ2v) is 4.06. The first kappa shape index (κ1) is 15.1. The van der Waals surface area contributed by atoms with Crippen LogP contribution in [0.4, 0.5) is 0 Å². The van der Waals surface area contributed by atoms with Gasteiger partial charge in [0.2, 0.25) is 0 Å². The SMILES string of the molecule is CCOc1cc(Cl)c(CNCCO)cc1OCC. The third-order valence-electron chi connectivity index (χ3n) is 2.32. The van der Waals surface area contributed by atoms with Gasteiger partial charge in [-0.2, -0.15) is 0 Å². The van der Waals surface area contributed by atoms with Crippen LogP contribution in [0.5, 0.6) is 11.5 Å². The molecule has 4 nitrogen and oxygen atoms in total. The van der Waals surface area contributed by atoms with E-state index in [1.807, 2.05) is 19.9 Å². The lowest BCUT2D eigenvalue weighted by Gasteiger charge is -2.14. The molecule has 0 radical (unpaired) electrons. The number of benzene rings is 1. The fourth-order valence-electron chi connectivity index (χ4n) is 1.55. The van der Waals surface area contributed by atoms with Gasteiger partial charge < -0.3 is 19.9 Å². The number of aliphatic hydroxyl groups excluding tert-OH is 1. The Morgan fingerprint density at radius 3 is 2.33 bits per heavy atom. The molecule has 0 bridgehead atoms. The molecule has 0 saturated carbocycles. The van der Waals surface area contributed by atoms with Gasteiger partial charge in [-0.1, -0.05) is 11.6 Å². The van der Waals surface area contributed by atoms with Crippen LogP contribution in [-0.2, 0) is 6.54 Å². The third kappa shape index (κ3) is 4.37. The number of ether oxygens (including phenoxy) is 2. The van der Waals surface area contributed by atoms with E-state index in [2.05, 4.69) is 5.32 Å². The molecule has 0 spiro atoms. The topological polar surface area (TPSA) is 50.7 Å². The number of rotatable bonds is 8. The molecule has 1 aromatic rings. The van der Waals surface area contributed by atoms with E-state index in [9.17, 15) is 0 Å². The van der Waals surface area contributed by atoms with Crippen LogP contribution in [0, 0.1) is 0 Å². The van der Waals surface area contributed by atoms with Gasteiger partial charge in [0.1, 0.15) is 0 Å². The van der Waals surface area contributed by atoms with Crippen molar-refractivity contribution in [3.63, 3.8) is 0 Å². The third-order valence-corrected chi connectivity index (χ3v) is 2.67. The summed E-state index contributed by atoms with van der Waals surface area (Å²) < 4.78 is 11.0. The van der Waals surface area contributed by atoms with Crippen molar-refractivity contribution < 1.29 is 14.6 Å². The first-order chi connectivity index (χ1) is 8.72. The highest BCUT2D eigenvalue weighted by Crippen LogP contribution is 2.33. The van der Waals surface area contributed by atoms with Crippen LogP contribution in [-0.4, -0.2) is 31.5 Å². The summed E-state index contributed by atoms with van der Waals surface area (Å²) >= 11 is 6.18. The maximum atomic E-state index is 8.73. The molecule has 0 unspecified atom stereocenters. The molecular weight excluding hydrogens is 254 g/mol. The fraction of sp³-hybridized carbons (Fsp3) is 0.538. The highest BCUT2D eigenvalue weighted by atomic mass is 35.5. The molecule has 0 fully saturated rings. The average molecular weight is 274 g/mol. The smallest absolute Gasteiger partial charge is 0.162 e. The Balaban J connectivity index is 2.87. The average Bonchev–Trinajstić information content (AvgIpc) is 2.35. The molecule has 0 saturated heterocycles. The molecule has 0 atom stereocenters. The van der Waals surface area contributed by atoms with Crippen molar-refractivity contribution >= 4 is 11.6 Å². The maximum absolute atomic E-state index is 8.73. The highest BCUT2D eigenvalue weighted by molar-refractivity contribution is 6.31. The number of hydrogen-bond acceptors (Lipinski definition) is 4. The Morgan fingerprint density at radius 2 is 1.78 bits per heavy atom. The van der Waals surface area contributed by atoms with Crippen LogP contribution in [0.3, 0.4) is 0 Å². The minimum atomic E-state index is 0.104. The molecular formula is C13H20ClNO3. The van der Waals surface area contributed by atoms with Gasteiger partial charge in [-0.3, -0.25) is 0 Å². The van der Waals surface area contributed by atoms with Gasteiger partial charge in [0.15, 0.2) is 11.5 Å². The minimum Gasteiger partial charge on any atom is -0.490 e. The summed E-state index contributed by atoms with van der Waals surface area (Å²) in [5.41, 5.74) is 0.928. The van der Waals surface area contributed by atoms with Crippen LogP contribution < -0.4 is 14.8 Å². The Kier molecular flexibility index (Phi) is 6.86. The van der Waals surface area contributed by atoms with Crippen molar-refractivity contribution in [3.8, 4) is 11.5 Å². The van der Waals surface area contributed by atoms with E-state index in [4.69, 9.17) is 26.2 Å². The molecule has 5 heteroatoms. The van der Waals surface area contributed by atoms with Gasteiger partial charge >= 0.3 is 0 Å². The molecule has 1 aromatic carbocycles. The van der Waals surface area contributed by atoms with Gasteiger partial charge in [-0.25, -0.2) is 0 Å². The first-order valence-electron chi connectivity index (χ1n) is 6.12. The Labute approximate surface area is 113 Å². The second kappa shape index (κ2) is 8.19. The van der Waals surface area contributed by atoms with Gasteiger partial charge in [0.25, 0.3) is 0 Å². The van der Waals surface area contributed by atoms with Crippen LogP contribution in [0.25, 0.3) is 0 Å². The monoisotopic (exact) mass is 273 g/mol. The van der Waals surface area contributed by atoms with Gasteiger partial charge in [0, 0.05) is 24.2 Å². The Morgan fingerprint density at radius 1 is 1.17 bits per heavy atom. The first-order valence-corrected chi connectivity index (χ1v) is 6.50. The number of hydrogen-bond donors (Lipinski definition) is 2. The van der Waals surface area contributed by atoms with E-state index in [1.54, 1.807) is 6.07 Å². The van der Waals surface area contributed by atoms with Crippen molar-refractivity contribution in [3.05, 3.63) is 22.7 Å². The molecule has 0 aliphatic heterocycles. The lowest BCUT2D eigenvalue weighted by molar-refractivity contribution is 0.286. The summed E-state index contributed by atoms with van der Waals surface area (Å²) in [6, 6.07) is 3.65. The summed E-state index contributed by atoms with van der Waals surface area (Å²) in [6.45, 7) is 6.21. The Hall–Kier alpha value is -0.970. The molecule has 18 heavy (non-hydrogen) atoms. The summed E-state index contributed by atoms with van der Waals surface area (Å²) in [4.78, 5) is 0. The Bertz CT molecular complexity index is 371. The fourth-order valence-corrected chi connectivity index (χ4v) is 1.77. The molecule has 0 heterocycles. The van der Waals surface area contributed by atoms with E-state index < -0.39 is 0 Å². The van der Waals surface area contributed by atoms with Crippen molar-refractivity contribution in [2.75, 3.05) is 26.4 Å². The molecule has 2 N–H and O–H groups in total. The minimum absolute atomic E-state index is 0.104. The number of aliphatic hydroxyl groups is 1. The molecule has 0 amide bonds. The van der Waals surface area contributed by atoms with Crippen molar-refractivity contribution in [1.82, 2.24) is 5.32 Å². The van der Waals surface area contributed by atoms with Gasteiger partial charge in [-0.15, -0.1) is 0 Å². The lowest BCUT2D eigenvalue weighted by Crippen LogP contribution is -2.17. The predicted octanol–water partition coefficient (Wildman–Crippen LogP) is 2.22. The van der Waals surface area contributed by atoms with E-state index in [0.717, 1.165) is 5.56 Å². The zero-order valence-corrected chi connectivity index (χ0v) is 11.6. The van der Waals surface area contributed by atoms with Crippen molar-refractivity contribution in [2.45, 2.75) is 20.4 Å². The van der Waals surface area contributed by atoms with Gasteiger partial charge in [0.05, 0.1) is 19.8 Å². The second-order valence-electron chi connectivity index (χ2n) is 3.66. The lowest BCUT2D eigenvalue weighted by atomic mass is 10.2. The number of halogens is 1. The van der Waals surface area contributed by atoms with Gasteiger partial charge in [-0.05, 0) is 25.5 Å². The van der Waals surface area contributed by atoms with E-state index in [0.29, 0.717) is 42.8 Å². The van der Waals surface area contributed by atoms with Crippen molar-refractivity contribution in [1.29, 1.82) is 0 Å². The van der Waals surface area contributed by atoms with Crippen molar-refractivity contribution in [2.24, 2.45) is 0 Å². The summed E-state index contributed by atoms with van der Waals surface area (Å²) in [6.07, 6.45) is 0. The highest BCUT2D eigenvalue weighted by Gasteiger charge is 2.10. The van der Waals surface area contributed by atoms with E-state index >= 15 is 0 Å². The standard InChI is InChI=1S/C13H20ClNO3/c1-3-17-12-7-10(9-15-5-6-16)11(14)8-13(12)18-4-2/h7-8,15-16H,3-6,9H2,1-2H3. The normalized spacial score (nSPS) is 10.4. The van der Waals surface area contributed by atoms with Crippen LogP contribution in [0.15, 0.2) is 12.1 Å². The molecule has 102 valence electrons. The van der Waals surface area contributed by atoms with Crippen LogP contribution in [0.1, 0.15) is 19.4 Å². The summed E-state index contributed by atoms with van der Waals surface area (Å²) in [7, 11) is 0. The zero-order valence-electron chi connectivity index (χ0n) is 10.8. The van der Waals surface area contributed by atoms with E-state index in [1.165, 1.54) is 0 Å². The van der Waals surface area contributed by atoms with Crippen LogP contribution in [0.2, 0.25) is 5.02 Å².